The van der Waals surface area contributed by atoms with E-state index >= 15 is 0 Å². The van der Waals surface area contributed by atoms with Gasteiger partial charge in [-0.3, -0.25) is 4.79 Å². The highest BCUT2D eigenvalue weighted by molar-refractivity contribution is 7.87. The Hall–Kier alpha value is -1.64. The standard InChI is InChI=1S/C16H23N3O4S/c1-17-24(21,22)19-9-6-13(7-10-19)16(20)18-8-2-4-14(12-18)15-5-3-11-23-15/h3-5,11,13,17H,2,6-10,12H2,1H3. The van der Waals surface area contributed by atoms with Crippen LogP contribution in [0.5, 0.6) is 0 Å². The maximum Gasteiger partial charge on any atom is 0.279 e. The van der Waals surface area contributed by atoms with Gasteiger partial charge >= 0.3 is 0 Å². The topological polar surface area (TPSA) is 82.9 Å². The van der Waals surface area contributed by atoms with Crippen molar-refractivity contribution in [3.63, 3.8) is 0 Å². The first kappa shape index (κ1) is 17.2. The molecule has 1 aromatic heterocycles. The average Bonchev–Trinajstić information content (AvgIpc) is 3.16. The Morgan fingerprint density at radius 3 is 2.67 bits per heavy atom. The third-order valence-electron chi connectivity index (χ3n) is 4.70. The zero-order valence-corrected chi connectivity index (χ0v) is 14.6. The van der Waals surface area contributed by atoms with Crippen LogP contribution in [-0.4, -0.2) is 56.8 Å². The van der Waals surface area contributed by atoms with Crippen molar-refractivity contribution in [2.24, 2.45) is 5.92 Å². The number of carbonyl (C=O) groups excluding carboxylic acids is 1. The first-order valence-electron chi connectivity index (χ1n) is 8.21. The Bertz CT molecular complexity index is 704. The number of nitrogens with one attached hydrogen (secondary N) is 1. The summed E-state index contributed by atoms with van der Waals surface area (Å²) < 4.78 is 32.8. The van der Waals surface area contributed by atoms with E-state index in [1.807, 2.05) is 17.0 Å². The highest BCUT2D eigenvalue weighted by Crippen LogP contribution is 2.26. The van der Waals surface area contributed by atoms with Gasteiger partial charge in [0.05, 0.1) is 6.26 Å². The predicted octanol–water partition coefficient (Wildman–Crippen LogP) is 1.07. The fraction of sp³-hybridized carbons (Fsp3) is 0.562. The molecule has 3 rings (SSSR count). The van der Waals surface area contributed by atoms with Gasteiger partial charge in [0.25, 0.3) is 10.2 Å². The van der Waals surface area contributed by atoms with E-state index < -0.39 is 10.2 Å². The molecule has 2 aliphatic rings. The van der Waals surface area contributed by atoms with Crippen LogP contribution in [0.2, 0.25) is 0 Å². The molecule has 1 fully saturated rings. The van der Waals surface area contributed by atoms with Gasteiger partial charge in [-0.25, -0.2) is 4.72 Å². The van der Waals surface area contributed by atoms with E-state index in [1.54, 1.807) is 6.26 Å². The molecule has 1 saturated heterocycles. The van der Waals surface area contributed by atoms with Crippen LogP contribution >= 0.6 is 0 Å². The van der Waals surface area contributed by atoms with E-state index in [1.165, 1.54) is 11.4 Å². The molecule has 0 unspecified atom stereocenters. The van der Waals surface area contributed by atoms with E-state index in [0.717, 1.165) is 17.8 Å². The van der Waals surface area contributed by atoms with Crippen LogP contribution in [0.15, 0.2) is 28.9 Å². The molecular formula is C16H23N3O4S. The van der Waals surface area contributed by atoms with E-state index in [-0.39, 0.29) is 11.8 Å². The summed E-state index contributed by atoms with van der Waals surface area (Å²) in [5, 5.41) is 0. The van der Waals surface area contributed by atoms with Gasteiger partial charge in [0.15, 0.2) is 0 Å². The van der Waals surface area contributed by atoms with E-state index in [0.29, 0.717) is 39.0 Å². The second-order valence-corrected chi connectivity index (χ2v) is 8.01. The van der Waals surface area contributed by atoms with Crippen LogP contribution in [0.1, 0.15) is 25.0 Å². The molecule has 3 heterocycles. The quantitative estimate of drug-likeness (QED) is 0.878. The molecule has 1 amide bonds. The zero-order chi connectivity index (χ0) is 17.2. The summed E-state index contributed by atoms with van der Waals surface area (Å²) in [6.45, 7) is 2.03. The van der Waals surface area contributed by atoms with Crippen molar-refractivity contribution in [1.82, 2.24) is 13.9 Å². The Morgan fingerprint density at radius 2 is 2.04 bits per heavy atom. The number of hydrogen-bond donors (Lipinski definition) is 1. The number of amides is 1. The summed E-state index contributed by atoms with van der Waals surface area (Å²) in [5.41, 5.74) is 1.04. The minimum Gasteiger partial charge on any atom is -0.465 e. The average molecular weight is 353 g/mol. The van der Waals surface area contributed by atoms with Gasteiger partial charge in [-0.2, -0.15) is 12.7 Å². The van der Waals surface area contributed by atoms with Crippen LogP contribution < -0.4 is 4.72 Å². The fourth-order valence-corrected chi connectivity index (χ4v) is 4.25. The summed E-state index contributed by atoms with van der Waals surface area (Å²) >= 11 is 0. The first-order valence-corrected chi connectivity index (χ1v) is 9.65. The summed E-state index contributed by atoms with van der Waals surface area (Å²) in [6.07, 6.45) is 5.69. The molecule has 132 valence electrons. The molecular weight excluding hydrogens is 330 g/mol. The Morgan fingerprint density at radius 1 is 1.29 bits per heavy atom. The maximum absolute atomic E-state index is 12.8. The number of hydrogen-bond acceptors (Lipinski definition) is 4. The molecule has 1 N–H and O–H groups in total. The number of rotatable bonds is 4. The zero-order valence-electron chi connectivity index (χ0n) is 13.8. The van der Waals surface area contributed by atoms with Crippen molar-refractivity contribution in [3.8, 4) is 0 Å². The number of piperidine rings is 1. The molecule has 0 aromatic carbocycles. The van der Waals surface area contributed by atoms with E-state index in [4.69, 9.17) is 4.42 Å². The lowest BCUT2D eigenvalue weighted by Gasteiger charge is -2.34. The Kier molecular flexibility index (Phi) is 5.07. The highest BCUT2D eigenvalue weighted by Gasteiger charge is 2.33. The Balaban J connectivity index is 1.59. The second-order valence-electron chi connectivity index (χ2n) is 6.14. The molecule has 0 radical (unpaired) electrons. The van der Waals surface area contributed by atoms with Gasteiger partial charge in [0.1, 0.15) is 5.76 Å². The first-order chi connectivity index (χ1) is 11.5. The third-order valence-corrected chi connectivity index (χ3v) is 6.26. The van der Waals surface area contributed by atoms with E-state index in [9.17, 15) is 13.2 Å². The van der Waals surface area contributed by atoms with Crippen LogP contribution in [0.4, 0.5) is 0 Å². The number of carbonyl (C=O) groups is 1. The van der Waals surface area contributed by atoms with Crippen molar-refractivity contribution in [1.29, 1.82) is 0 Å². The molecule has 24 heavy (non-hydrogen) atoms. The van der Waals surface area contributed by atoms with Crippen molar-refractivity contribution in [2.45, 2.75) is 19.3 Å². The van der Waals surface area contributed by atoms with Crippen molar-refractivity contribution in [3.05, 3.63) is 30.2 Å². The summed E-state index contributed by atoms with van der Waals surface area (Å²) in [4.78, 5) is 14.6. The van der Waals surface area contributed by atoms with Crippen molar-refractivity contribution < 1.29 is 17.6 Å². The van der Waals surface area contributed by atoms with Crippen LogP contribution in [0, 0.1) is 5.92 Å². The van der Waals surface area contributed by atoms with Gasteiger partial charge in [-0.15, -0.1) is 0 Å². The molecule has 0 spiro atoms. The van der Waals surface area contributed by atoms with Gasteiger partial charge in [0, 0.05) is 44.7 Å². The summed E-state index contributed by atoms with van der Waals surface area (Å²) in [6, 6.07) is 3.75. The number of furan rings is 1. The lowest BCUT2D eigenvalue weighted by Crippen LogP contribution is -2.47. The lowest BCUT2D eigenvalue weighted by molar-refractivity contribution is -0.136. The molecule has 0 aliphatic carbocycles. The molecule has 0 bridgehead atoms. The van der Waals surface area contributed by atoms with Crippen molar-refractivity contribution >= 4 is 21.7 Å². The van der Waals surface area contributed by atoms with Gasteiger partial charge in [0.2, 0.25) is 5.91 Å². The van der Waals surface area contributed by atoms with E-state index in [2.05, 4.69) is 10.8 Å². The molecule has 0 atom stereocenters. The molecule has 8 heteroatoms. The molecule has 7 nitrogen and oxygen atoms in total. The monoisotopic (exact) mass is 353 g/mol. The lowest BCUT2D eigenvalue weighted by atomic mass is 9.95. The largest absolute Gasteiger partial charge is 0.465 e. The fourth-order valence-electron chi connectivity index (χ4n) is 3.30. The minimum atomic E-state index is -3.40. The highest BCUT2D eigenvalue weighted by atomic mass is 32.2. The van der Waals surface area contributed by atoms with Gasteiger partial charge in [-0.05, 0) is 31.4 Å². The summed E-state index contributed by atoms with van der Waals surface area (Å²) in [5.74, 6) is 0.820. The van der Waals surface area contributed by atoms with Crippen LogP contribution in [0.3, 0.4) is 0 Å². The van der Waals surface area contributed by atoms with Gasteiger partial charge < -0.3 is 9.32 Å². The molecule has 2 aliphatic heterocycles. The van der Waals surface area contributed by atoms with Crippen LogP contribution in [-0.2, 0) is 15.0 Å². The molecule has 1 aromatic rings. The smallest absolute Gasteiger partial charge is 0.279 e. The van der Waals surface area contributed by atoms with Crippen molar-refractivity contribution in [2.75, 3.05) is 33.2 Å². The van der Waals surface area contributed by atoms with Crippen LogP contribution in [0.25, 0.3) is 5.57 Å². The normalized spacial score (nSPS) is 20.9. The van der Waals surface area contributed by atoms with Gasteiger partial charge in [-0.1, -0.05) is 6.08 Å². The third kappa shape index (κ3) is 3.55. The number of nitrogens with zero attached hydrogens (tertiary/aromatic N) is 2. The molecule has 0 saturated carbocycles. The summed E-state index contributed by atoms with van der Waals surface area (Å²) in [7, 11) is -1.99. The predicted molar refractivity (Wildman–Crippen MR) is 90.2 cm³/mol. The second kappa shape index (κ2) is 7.08. The Labute approximate surface area is 142 Å². The minimum absolute atomic E-state index is 0.107. The maximum atomic E-state index is 12.8. The SMILES string of the molecule is CNS(=O)(=O)N1CCC(C(=O)N2CCC=C(c3ccco3)C2)CC1.